The summed E-state index contributed by atoms with van der Waals surface area (Å²) in [7, 11) is 3.82. The van der Waals surface area contributed by atoms with E-state index in [2.05, 4.69) is 61.6 Å². The minimum Gasteiger partial charge on any atom is -0.331 e. The van der Waals surface area contributed by atoms with Gasteiger partial charge in [-0.25, -0.2) is 4.98 Å². The Kier molecular flexibility index (Phi) is 19.8. The van der Waals surface area contributed by atoms with Gasteiger partial charge in [-0.2, -0.15) is 10.4 Å². The van der Waals surface area contributed by atoms with Crippen molar-refractivity contribution in [1.29, 1.82) is 5.26 Å². The van der Waals surface area contributed by atoms with E-state index in [0.717, 1.165) is 5.39 Å². The molecule has 0 radical (unpaired) electrons. The van der Waals surface area contributed by atoms with Crippen molar-refractivity contribution in [2.45, 2.75) is 115 Å². The van der Waals surface area contributed by atoms with Crippen LogP contribution in [0.25, 0.3) is 22.2 Å². The van der Waals surface area contributed by atoms with Gasteiger partial charge in [-0.1, -0.05) is 29.7 Å². The first-order valence-corrected chi connectivity index (χ1v) is 23.7. The number of nitrogens with one attached hydrogen (secondary N) is 1. The summed E-state index contributed by atoms with van der Waals surface area (Å²) in [5, 5.41) is 21.1. The van der Waals surface area contributed by atoms with Crippen LogP contribution in [0.5, 0.6) is 0 Å². The summed E-state index contributed by atoms with van der Waals surface area (Å²) >= 11 is -2.21. The maximum atomic E-state index is 12.5. The molecule has 5 rings (SSSR count). The van der Waals surface area contributed by atoms with E-state index >= 15 is 0 Å². The number of carbonyl (C=O) groups is 2. The maximum absolute atomic E-state index is 12.5. The molecule has 0 unspecified atom stereocenters. The van der Waals surface area contributed by atoms with Crippen LogP contribution in [0.2, 0.25) is 13.3 Å². The monoisotopic (exact) mass is 782 g/mol. The molecule has 11 heteroatoms. The van der Waals surface area contributed by atoms with E-state index in [1.165, 1.54) is 51.8 Å². The number of fused-ring (bicyclic) bond motifs is 1. The summed E-state index contributed by atoms with van der Waals surface area (Å²) in [4.78, 5) is 29.3. The summed E-state index contributed by atoms with van der Waals surface area (Å²) in [5.41, 5.74) is 2.24. The van der Waals surface area contributed by atoms with Crippen LogP contribution >= 0.6 is 0 Å². The zero-order valence-electron chi connectivity index (χ0n) is 27.3. The Labute approximate surface area is 299 Å². The number of hydrogen-bond acceptors (Lipinski definition) is 6. The van der Waals surface area contributed by atoms with Crippen LogP contribution < -0.4 is 9.03 Å². The van der Waals surface area contributed by atoms with Crippen molar-refractivity contribution in [2.24, 2.45) is 14.1 Å². The zero-order valence-corrected chi connectivity index (χ0v) is 30.2. The van der Waals surface area contributed by atoms with Gasteiger partial charge < -0.3 is 4.57 Å². The smallest absolute Gasteiger partial charge is 0.261 e. The topological polar surface area (TPSA) is 123 Å². The fraction of sp³-hybridized carbons (Fsp3) is 0.526. The summed E-state index contributed by atoms with van der Waals surface area (Å²) < 4.78 is 11.5. The summed E-state index contributed by atoms with van der Waals surface area (Å²) in [6.07, 6.45) is 15.9. The Morgan fingerprint density at radius 1 is 0.816 bits per heavy atom. The number of pyridine rings is 1. The molecule has 270 valence electrons. The molecule has 0 aromatic carbocycles. The van der Waals surface area contributed by atoms with E-state index in [4.69, 9.17) is 10.4 Å². The molecule has 0 spiro atoms. The van der Waals surface area contributed by atoms with E-state index in [9.17, 15) is 9.59 Å². The van der Waals surface area contributed by atoms with E-state index in [0.29, 0.717) is 29.9 Å². The average Bonchev–Trinajstić information content (AvgIpc) is 3.82. The largest absolute Gasteiger partial charge is 0.331 e. The number of hydrogen-bond donors (Lipinski definition) is 1. The molecular weight excluding hydrogens is 719 g/mol. The molecular formula is C38H62N8O2Sn. The number of unbranched alkanes of at least 4 members (excludes halogenated alkanes) is 3. The van der Waals surface area contributed by atoms with Gasteiger partial charge in [-0.05, 0) is 18.2 Å². The SMILES string of the molecule is C.C.C.C.CCC[CH2][Sn]([CH2]CCC)([CH2]CCC)[c]1ccn(C)n1.Cn1ccc(C2=C(c3cn(CCC#N)c4ncccc34)C(=O)NC2=O)n1. The molecule has 1 N–H and O–H groups in total. The van der Waals surface area contributed by atoms with Crippen LogP contribution in [0.3, 0.4) is 0 Å². The van der Waals surface area contributed by atoms with Crippen LogP contribution in [0.15, 0.2) is 49.1 Å². The first-order chi connectivity index (χ1) is 21.8. The van der Waals surface area contributed by atoms with Gasteiger partial charge in [-0.15, -0.1) is 0 Å². The first-order valence-electron chi connectivity index (χ1n) is 16.2. The molecule has 1 aliphatic rings. The third kappa shape index (κ3) is 10.6. The van der Waals surface area contributed by atoms with Gasteiger partial charge in [0.2, 0.25) is 0 Å². The summed E-state index contributed by atoms with van der Waals surface area (Å²) in [6.45, 7) is 7.43. The number of imide groups is 1. The molecule has 2 amide bonds. The summed E-state index contributed by atoms with van der Waals surface area (Å²) in [5.74, 6) is -0.927. The number of carbonyl (C=O) groups excluding carboxylic acids is 2. The standard InChI is InChI=1S/C18H14N6O2.C4H5N2.3C4H9.4CH4.Sn/c1-23-9-5-13(22-23)15-14(17(25)21-18(15)26)12-10-24(8-3-6-19)16-11(12)4-2-7-20-16;1-6-4-2-3-5-6;3*1-3-4-2;;;;;/h2,4-5,7,9-10H,3,8H2,1H3,(H,21,25,26);2,4H,1H3;3*1,3-4H2,2H3;4*1H4;. The minimum atomic E-state index is -2.21. The predicted octanol–water partition coefficient (Wildman–Crippen LogP) is 8.27. The maximum Gasteiger partial charge on any atom is 0.261 e. The number of nitrogens with zero attached hydrogens (tertiary/aromatic N) is 7. The van der Waals surface area contributed by atoms with Gasteiger partial charge in [0.15, 0.2) is 0 Å². The van der Waals surface area contributed by atoms with E-state index in [1.54, 1.807) is 46.2 Å². The average molecular weight is 782 g/mol. The van der Waals surface area contributed by atoms with Gasteiger partial charge in [0.25, 0.3) is 11.8 Å². The third-order valence-corrected chi connectivity index (χ3v) is 23.6. The van der Waals surface area contributed by atoms with Crippen molar-refractivity contribution in [3.63, 3.8) is 0 Å². The van der Waals surface area contributed by atoms with E-state index < -0.39 is 30.2 Å². The first kappa shape index (κ1) is 45.3. The predicted molar refractivity (Wildman–Crippen MR) is 208 cm³/mol. The van der Waals surface area contributed by atoms with Crippen LogP contribution in [-0.2, 0) is 30.2 Å². The van der Waals surface area contributed by atoms with Crippen molar-refractivity contribution >= 4 is 56.1 Å². The second kappa shape index (κ2) is 21.4. The minimum absolute atomic E-state index is 0. The fourth-order valence-electron chi connectivity index (χ4n) is 6.17. The van der Waals surface area contributed by atoms with Gasteiger partial charge in [0.05, 0.1) is 29.3 Å². The Morgan fingerprint density at radius 3 is 1.90 bits per heavy atom. The van der Waals surface area contributed by atoms with E-state index in [-0.39, 0.29) is 40.9 Å². The van der Waals surface area contributed by atoms with Gasteiger partial charge >= 0.3 is 124 Å². The number of amides is 2. The van der Waals surface area contributed by atoms with Crippen molar-refractivity contribution in [1.82, 2.24) is 34.4 Å². The molecule has 0 aliphatic carbocycles. The molecule has 4 aromatic rings. The second-order valence-electron chi connectivity index (χ2n) is 11.9. The van der Waals surface area contributed by atoms with Gasteiger partial charge in [-0.3, -0.25) is 19.6 Å². The second-order valence-corrected chi connectivity index (χ2v) is 24.9. The molecule has 0 saturated carbocycles. The van der Waals surface area contributed by atoms with Crippen LogP contribution in [0, 0.1) is 11.3 Å². The number of aryl methyl sites for hydroxylation is 3. The van der Waals surface area contributed by atoms with Crippen molar-refractivity contribution < 1.29 is 9.59 Å². The molecule has 1 aliphatic heterocycles. The molecule has 10 nitrogen and oxygen atoms in total. The molecule has 4 aromatic heterocycles. The molecule has 0 fully saturated rings. The zero-order chi connectivity index (χ0) is 32.4. The molecule has 0 saturated heterocycles. The molecule has 0 atom stereocenters. The van der Waals surface area contributed by atoms with Crippen LogP contribution in [-0.4, -0.2) is 59.3 Å². The Bertz CT molecular complexity index is 1670. The number of aromatic nitrogens is 6. The van der Waals surface area contributed by atoms with Crippen molar-refractivity contribution in [3.05, 3.63) is 60.3 Å². The quantitative estimate of drug-likeness (QED) is 0.102. The Hall–Kier alpha value is -3.72. The fourth-order valence-corrected chi connectivity index (χ4v) is 21.6. The molecule has 5 heterocycles. The van der Waals surface area contributed by atoms with Crippen molar-refractivity contribution in [2.75, 3.05) is 0 Å². The van der Waals surface area contributed by atoms with Gasteiger partial charge in [0.1, 0.15) is 5.65 Å². The van der Waals surface area contributed by atoms with Crippen LogP contribution in [0.4, 0.5) is 0 Å². The third-order valence-electron chi connectivity index (χ3n) is 8.55. The Balaban J connectivity index is 0.000000909. The van der Waals surface area contributed by atoms with Crippen LogP contribution in [0.1, 0.15) is 107 Å². The number of rotatable bonds is 14. The molecule has 49 heavy (non-hydrogen) atoms. The Morgan fingerprint density at radius 2 is 1.39 bits per heavy atom. The normalized spacial score (nSPS) is 12.2. The summed E-state index contributed by atoms with van der Waals surface area (Å²) in [6, 6.07) is 9.77. The van der Waals surface area contributed by atoms with Gasteiger partial charge in [0, 0.05) is 43.1 Å². The van der Waals surface area contributed by atoms with Crippen molar-refractivity contribution in [3.8, 4) is 6.07 Å². The van der Waals surface area contributed by atoms with E-state index in [1.807, 2.05) is 15.3 Å². The number of nitriles is 1. The molecule has 0 bridgehead atoms.